The van der Waals surface area contributed by atoms with Gasteiger partial charge < -0.3 is 14.8 Å². The molecule has 8 heteroatoms. The molecule has 1 N–H and O–H groups in total. The van der Waals surface area contributed by atoms with Crippen molar-refractivity contribution >= 4 is 39.5 Å². The van der Waals surface area contributed by atoms with Gasteiger partial charge in [-0.2, -0.15) is 0 Å². The molecule has 0 aliphatic rings. The fourth-order valence-corrected chi connectivity index (χ4v) is 3.83. The third-order valence-electron chi connectivity index (χ3n) is 4.23. The molecule has 0 atom stereocenters. The molecule has 2 aromatic carbocycles. The van der Waals surface area contributed by atoms with Gasteiger partial charge in [-0.3, -0.25) is 9.20 Å². The van der Waals surface area contributed by atoms with Crippen molar-refractivity contribution in [1.29, 1.82) is 0 Å². The Balaban J connectivity index is 1.53. The van der Waals surface area contributed by atoms with Crippen molar-refractivity contribution in [1.82, 2.24) is 9.38 Å². The normalized spacial score (nSPS) is 10.8. The summed E-state index contributed by atoms with van der Waals surface area (Å²) in [5.41, 5.74) is 2.90. The number of nitrogens with zero attached hydrogens (tertiary/aromatic N) is 2. The summed E-state index contributed by atoms with van der Waals surface area (Å²) in [6, 6.07) is 10.6. The smallest absolute Gasteiger partial charge is 0.255 e. The minimum atomic E-state index is -0.293. The second-order valence-corrected chi connectivity index (χ2v) is 7.22. The van der Waals surface area contributed by atoms with Gasteiger partial charge in [0.05, 0.1) is 24.9 Å². The lowest BCUT2D eigenvalue weighted by atomic mass is 10.1. The van der Waals surface area contributed by atoms with Crippen molar-refractivity contribution in [2.75, 3.05) is 19.5 Å². The summed E-state index contributed by atoms with van der Waals surface area (Å²) in [6.07, 6.45) is 3.95. The molecule has 0 radical (unpaired) electrons. The van der Waals surface area contributed by atoms with E-state index < -0.39 is 0 Å². The lowest BCUT2D eigenvalue weighted by Gasteiger charge is -2.12. The number of aromatic nitrogens is 2. The van der Waals surface area contributed by atoms with Crippen LogP contribution < -0.4 is 14.8 Å². The molecule has 0 saturated carbocycles. The largest absolute Gasteiger partial charge is 0.493 e. The van der Waals surface area contributed by atoms with Crippen LogP contribution in [0.3, 0.4) is 0 Å². The standard InChI is InChI=1S/C20H16ClN3O3S/c1-26-17-10-13(9-15(21)18(17)27-2)19(25)22-14-5-3-12(4-6-14)16-11-24-7-8-28-20(24)23-16/h3-11H,1-2H3,(H,22,25). The molecule has 28 heavy (non-hydrogen) atoms. The Kier molecular flexibility index (Phi) is 4.93. The number of nitrogens with one attached hydrogen (secondary N) is 1. The van der Waals surface area contributed by atoms with Crippen molar-refractivity contribution in [2.24, 2.45) is 0 Å². The molecule has 1 amide bonds. The third kappa shape index (κ3) is 3.42. The number of carbonyl (C=O) groups excluding carboxylic acids is 1. The summed E-state index contributed by atoms with van der Waals surface area (Å²) >= 11 is 7.76. The number of hydrogen-bond donors (Lipinski definition) is 1. The Labute approximate surface area is 170 Å². The number of imidazole rings is 1. The average molecular weight is 414 g/mol. The predicted molar refractivity (Wildman–Crippen MR) is 111 cm³/mol. The number of rotatable bonds is 5. The van der Waals surface area contributed by atoms with Crippen LogP contribution in [-0.2, 0) is 0 Å². The SMILES string of the molecule is COc1cc(C(=O)Nc2ccc(-c3cn4ccsc4n3)cc2)cc(Cl)c1OC. The van der Waals surface area contributed by atoms with Gasteiger partial charge in [0, 0.05) is 34.6 Å². The minimum Gasteiger partial charge on any atom is -0.493 e. The molecule has 0 aliphatic carbocycles. The first-order chi connectivity index (χ1) is 13.6. The van der Waals surface area contributed by atoms with E-state index in [1.807, 2.05) is 46.4 Å². The molecule has 0 aliphatic heterocycles. The zero-order valence-electron chi connectivity index (χ0n) is 15.1. The van der Waals surface area contributed by atoms with Gasteiger partial charge in [-0.05, 0) is 24.3 Å². The number of anilines is 1. The van der Waals surface area contributed by atoms with E-state index in [4.69, 9.17) is 21.1 Å². The van der Waals surface area contributed by atoms with Gasteiger partial charge in [0.15, 0.2) is 16.5 Å². The Morgan fingerprint density at radius 2 is 1.96 bits per heavy atom. The van der Waals surface area contributed by atoms with Crippen LogP contribution in [0, 0.1) is 0 Å². The molecule has 0 spiro atoms. The maximum Gasteiger partial charge on any atom is 0.255 e. The number of benzene rings is 2. The molecule has 0 fully saturated rings. The van der Waals surface area contributed by atoms with E-state index in [9.17, 15) is 4.79 Å². The highest BCUT2D eigenvalue weighted by Crippen LogP contribution is 2.36. The maximum absolute atomic E-state index is 12.6. The van der Waals surface area contributed by atoms with Gasteiger partial charge in [0.2, 0.25) is 0 Å². The minimum absolute atomic E-state index is 0.293. The molecule has 142 valence electrons. The number of carbonyl (C=O) groups is 1. The van der Waals surface area contributed by atoms with Crippen molar-refractivity contribution in [3.8, 4) is 22.8 Å². The van der Waals surface area contributed by atoms with Gasteiger partial charge in [-0.25, -0.2) is 4.98 Å². The summed E-state index contributed by atoms with van der Waals surface area (Å²) < 4.78 is 12.4. The number of ether oxygens (including phenoxy) is 2. The first kappa shape index (κ1) is 18.3. The van der Waals surface area contributed by atoms with Crippen molar-refractivity contribution in [2.45, 2.75) is 0 Å². The Bertz CT molecular complexity index is 1120. The lowest BCUT2D eigenvalue weighted by molar-refractivity contribution is 0.102. The predicted octanol–water partition coefficient (Wildman–Crippen LogP) is 4.99. The molecule has 2 heterocycles. The fourth-order valence-electron chi connectivity index (χ4n) is 2.84. The highest BCUT2D eigenvalue weighted by Gasteiger charge is 2.15. The van der Waals surface area contributed by atoms with E-state index in [-0.39, 0.29) is 5.91 Å². The van der Waals surface area contributed by atoms with E-state index in [1.54, 1.807) is 23.5 Å². The summed E-state index contributed by atoms with van der Waals surface area (Å²) in [6.45, 7) is 0. The van der Waals surface area contributed by atoms with E-state index >= 15 is 0 Å². The van der Waals surface area contributed by atoms with Crippen molar-refractivity contribution < 1.29 is 14.3 Å². The number of hydrogen-bond acceptors (Lipinski definition) is 5. The molecule has 6 nitrogen and oxygen atoms in total. The number of amides is 1. The zero-order valence-corrected chi connectivity index (χ0v) is 16.7. The quantitative estimate of drug-likeness (QED) is 0.500. The van der Waals surface area contributed by atoms with Crippen LogP contribution in [0.2, 0.25) is 5.02 Å². The van der Waals surface area contributed by atoms with Gasteiger partial charge >= 0.3 is 0 Å². The molecule has 2 aromatic heterocycles. The first-order valence-corrected chi connectivity index (χ1v) is 9.60. The topological polar surface area (TPSA) is 64.9 Å². The van der Waals surface area contributed by atoms with Crippen LogP contribution in [0.15, 0.2) is 54.2 Å². The first-order valence-electron chi connectivity index (χ1n) is 8.34. The van der Waals surface area contributed by atoms with Crippen LogP contribution in [0.5, 0.6) is 11.5 Å². The molecule has 4 rings (SSSR count). The second kappa shape index (κ2) is 7.53. The zero-order chi connectivity index (χ0) is 19.7. The maximum atomic E-state index is 12.6. The van der Waals surface area contributed by atoms with Crippen LogP contribution in [-0.4, -0.2) is 29.5 Å². The van der Waals surface area contributed by atoms with Gasteiger partial charge in [-0.15, -0.1) is 11.3 Å². The van der Waals surface area contributed by atoms with Crippen molar-refractivity contribution in [3.05, 3.63) is 64.8 Å². The molecule has 4 aromatic rings. The van der Waals surface area contributed by atoms with E-state index in [0.29, 0.717) is 27.8 Å². The fraction of sp³-hybridized carbons (Fsp3) is 0.100. The van der Waals surface area contributed by atoms with Crippen molar-refractivity contribution in [3.63, 3.8) is 0 Å². The molecular formula is C20H16ClN3O3S. The second-order valence-electron chi connectivity index (χ2n) is 5.94. The number of fused-ring (bicyclic) bond motifs is 1. The number of thiazole rings is 1. The summed E-state index contributed by atoms with van der Waals surface area (Å²) in [7, 11) is 2.99. The van der Waals surface area contributed by atoms with Gasteiger partial charge in [-0.1, -0.05) is 23.7 Å². The van der Waals surface area contributed by atoms with Crippen LogP contribution >= 0.6 is 22.9 Å². The highest BCUT2D eigenvalue weighted by atomic mass is 35.5. The van der Waals surface area contributed by atoms with E-state index in [1.165, 1.54) is 14.2 Å². The summed E-state index contributed by atoms with van der Waals surface area (Å²) in [4.78, 5) is 18.1. The lowest BCUT2D eigenvalue weighted by Crippen LogP contribution is -2.12. The van der Waals surface area contributed by atoms with E-state index in [2.05, 4.69) is 10.3 Å². The van der Waals surface area contributed by atoms with Crippen LogP contribution in [0.1, 0.15) is 10.4 Å². The highest BCUT2D eigenvalue weighted by molar-refractivity contribution is 7.15. The third-order valence-corrected chi connectivity index (χ3v) is 5.28. The average Bonchev–Trinajstić information content (AvgIpc) is 3.30. The molecule has 0 unspecified atom stereocenters. The van der Waals surface area contributed by atoms with Crippen LogP contribution in [0.4, 0.5) is 5.69 Å². The summed E-state index contributed by atoms with van der Waals surface area (Å²) in [5.74, 6) is 0.499. The monoisotopic (exact) mass is 413 g/mol. The van der Waals surface area contributed by atoms with Gasteiger partial charge in [0.25, 0.3) is 5.91 Å². The number of halogens is 1. The Hall–Kier alpha value is -3.03. The summed E-state index contributed by atoms with van der Waals surface area (Å²) in [5, 5.41) is 5.16. The molecular weight excluding hydrogens is 398 g/mol. The molecule has 0 saturated heterocycles. The Morgan fingerprint density at radius 3 is 2.64 bits per heavy atom. The van der Waals surface area contributed by atoms with Gasteiger partial charge in [0.1, 0.15) is 0 Å². The Morgan fingerprint density at radius 1 is 1.18 bits per heavy atom. The van der Waals surface area contributed by atoms with Crippen LogP contribution in [0.25, 0.3) is 16.2 Å². The van der Waals surface area contributed by atoms with E-state index in [0.717, 1.165) is 16.2 Å². The number of methoxy groups -OCH3 is 2. The molecule has 0 bridgehead atoms.